The topological polar surface area (TPSA) is 68.5 Å². The molecule has 1 aromatic carbocycles. The number of hydrogen-bond donors (Lipinski definition) is 0. The maximum atomic E-state index is 12.6. The Labute approximate surface area is 107 Å². The number of methoxy groups -OCH3 is 1. The molecule has 0 amide bonds. The third kappa shape index (κ3) is 3.11. The molecule has 5 nitrogen and oxygen atoms in total. The fraction of sp³-hybridized carbons (Fsp3) is 0.417. The molecule has 0 N–H and O–H groups in total. The second-order valence-corrected chi connectivity index (χ2v) is 5.32. The molecular formula is C12H16NO4P. The van der Waals surface area contributed by atoms with Crippen molar-refractivity contribution in [2.75, 3.05) is 20.3 Å². The minimum Gasteiger partial charge on any atom is -0.496 e. The van der Waals surface area contributed by atoms with Crippen molar-refractivity contribution in [1.82, 2.24) is 0 Å². The standard InChI is InChI=1S/C12H16NO4P/c1-4-16-18(14,17-5-2)12-8-10(9-13)6-7-11(12)15-3/h6-8H,4-5H2,1-3H3. The van der Waals surface area contributed by atoms with E-state index >= 15 is 0 Å². The minimum atomic E-state index is -3.44. The first-order valence-electron chi connectivity index (χ1n) is 5.59. The number of nitriles is 1. The first-order valence-corrected chi connectivity index (χ1v) is 7.13. The van der Waals surface area contributed by atoms with Crippen LogP contribution in [0.15, 0.2) is 18.2 Å². The van der Waals surface area contributed by atoms with Gasteiger partial charge in [-0.05, 0) is 32.0 Å². The van der Waals surface area contributed by atoms with Crippen LogP contribution < -0.4 is 10.0 Å². The summed E-state index contributed by atoms with van der Waals surface area (Å²) < 4.78 is 28.3. The maximum absolute atomic E-state index is 12.6. The Morgan fingerprint density at radius 1 is 1.28 bits per heavy atom. The van der Waals surface area contributed by atoms with Crippen molar-refractivity contribution in [3.8, 4) is 11.8 Å². The molecule has 0 saturated heterocycles. The van der Waals surface area contributed by atoms with Crippen LogP contribution in [0.5, 0.6) is 5.75 Å². The molecule has 1 aromatic rings. The van der Waals surface area contributed by atoms with E-state index in [4.69, 9.17) is 19.0 Å². The van der Waals surface area contributed by atoms with Crippen LogP contribution in [0.4, 0.5) is 0 Å². The normalized spacial score (nSPS) is 11.0. The van der Waals surface area contributed by atoms with Gasteiger partial charge in [0.2, 0.25) is 0 Å². The van der Waals surface area contributed by atoms with Crippen LogP contribution in [-0.2, 0) is 13.6 Å². The van der Waals surface area contributed by atoms with E-state index in [0.29, 0.717) is 11.3 Å². The van der Waals surface area contributed by atoms with Gasteiger partial charge >= 0.3 is 7.60 Å². The largest absolute Gasteiger partial charge is 0.496 e. The van der Waals surface area contributed by atoms with Crippen molar-refractivity contribution in [1.29, 1.82) is 5.26 Å². The fourth-order valence-electron chi connectivity index (χ4n) is 1.49. The second kappa shape index (κ2) is 6.55. The predicted molar refractivity (Wildman–Crippen MR) is 68.2 cm³/mol. The van der Waals surface area contributed by atoms with Gasteiger partial charge in [0.15, 0.2) is 0 Å². The summed E-state index contributed by atoms with van der Waals surface area (Å²) in [6.45, 7) is 3.95. The van der Waals surface area contributed by atoms with E-state index < -0.39 is 7.60 Å². The Balaban J connectivity index is 3.34. The first-order chi connectivity index (χ1) is 8.61. The minimum absolute atomic E-state index is 0.247. The van der Waals surface area contributed by atoms with E-state index in [1.54, 1.807) is 26.0 Å². The highest BCUT2D eigenvalue weighted by molar-refractivity contribution is 7.62. The van der Waals surface area contributed by atoms with Gasteiger partial charge in [0.25, 0.3) is 0 Å². The molecular weight excluding hydrogens is 253 g/mol. The molecule has 0 atom stereocenters. The third-order valence-corrected chi connectivity index (χ3v) is 4.34. The van der Waals surface area contributed by atoms with Crippen molar-refractivity contribution in [2.24, 2.45) is 0 Å². The number of nitrogens with zero attached hydrogens (tertiary/aromatic N) is 1. The van der Waals surface area contributed by atoms with Gasteiger partial charge in [0.1, 0.15) is 11.1 Å². The smallest absolute Gasteiger partial charge is 0.365 e. The zero-order chi connectivity index (χ0) is 13.6. The van der Waals surface area contributed by atoms with Gasteiger partial charge in [0, 0.05) is 0 Å². The summed E-state index contributed by atoms with van der Waals surface area (Å²) in [4.78, 5) is 0. The SMILES string of the molecule is CCOP(=O)(OCC)c1cc(C#N)ccc1OC. The summed E-state index contributed by atoms with van der Waals surface area (Å²) in [5.74, 6) is 0.388. The highest BCUT2D eigenvalue weighted by Crippen LogP contribution is 2.49. The second-order valence-electron chi connectivity index (χ2n) is 3.33. The van der Waals surface area contributed by atoms with Crippen LogP contribution in [0.2, 0.25) is 0 Å². The summed E-state index contributed by atoms with van der Waals surface area (Å²) in [7, 11) is -1.98. The molecule has 0 radical (unpaired) electrons. The zero-order valence-electron chi connectivity index (χ0n) is 10.7. The number of hydrogen-bond acceptors (Lipinski definition) is 5. The van der Waals surface area contributed by atoms with Crippen LogP contribution in [0, 0.1) is 11.3 Å². The van der Waals surface area contributed by atoms with Crippen molar-refractivity contribution in [3.05, 3.63) is 23.8 Å². The van der Waals surface area contributed by atoms with Gasteiger partial charge < -0.3 is 13.8 Å². The van der Waals surface area contributed by atoms with Gasteiger partial charge in [-0.1, -0.05) is 0 Å². The average molecular weight is 269 g/mol. The Morgan fingerprint density at radius 2 is 1.89 bits per heavy atom. The highest BCUT2D eigenvalue weighted by Gasteiger charge is 2.30. The molecule has 0 aliphatic carbocycles. The molecule has 0 aliphatic heterocycles. The van der Waals surface area contributed by atoms with Crippen molar-refractivity contribution in [3.63, 3.8) is 0 Å². The van der Waals surface area contributed by atoms with Gasteiger partial charge in [-0.3, -0.25) is 4.57 Å². The lowest BCUT2D eigenvalue weighted by atomic mass is 10.2. The van der Waals surface area contributed by atoms with Gasteiger partial charge in [-0.15, -0.1) is 0 Å². The molecule has 0 bridgehead atoms. The molecule has 18 heavy (non-hydrogen) atoms. The van der Waals surface area contributed by atoms with Crippen molar-refractivity contribution in [2.45, 2.75) is 13.8 Å². The van der Waals surface area contributed by atoms with Crippen molar-refractivity contribution < 1.29 is 18.3 Å². The van der Waals surface area contributed by atoms with Gasteiger partial charge in [-0.2, -0.15) is 5.26 Å². The zero-order valence-corrected chi connectivity index (χ0v) is 11.6. The lowest BCUT2D eigenvalue weighted by Crippen LogP contribution is -2.14. The summed E-state index contributed by atoms with van der Waals surface area (Å²) in [6, 6.07) is 6.63. The Bertz CT molecular complexity index is 485. The van der Waals surface area contributed by atoms with E-state index in [1.165, 1.54) is 13.2 Å². The molecule has 0 fully saturated rings. The van der Waals surface area contributed by atoms with E-state index in [-0.39, 0.29) is 18.5 Å². The Morgan fingerprint density at radius 3 is 2.33 bits per heavy atom. The van der Waals surface area contributed by atoms with Crippen molar-refractivity contribution >= 4 is 12.9 Å². The van der Waals surface area contributed by atoms with Crippen LogP contribution in [0.25, 0.3) is 0 Å². The summed E-state index contributed by atoms with van der Waals surface area (Å²) in [5.41, 5.74) is 0.380. The predicted octanol–water partition coefficient (Wildman–Crippen LogP) is 2.46. The van der Waals surface area contributed by atoms with E-state index in [0.717, 1.165) is 0 Å². The summed E-state index contributed by atoms with van der Waals surface area (Å²) in [6.07, 6.45) is 0. The number of rotatable bonds is 6. The average Bonchev–Trinajstić information content (AvgIpc) is 2.38. The number of benzene rings is 1. The third-order valence-electron chi connectivity index (χ3n) is 2.20. The molecule has 0 aliphatic rings. The van der Waals surface area contributed by atoms with Gasteiger partial charge in [-0.25, -0.2) is 0 Å². The molecule has 1 rings (SSSR count). The Kier molecular flexibility index (Phi) is 5.36. The van der Waals surface area contributed by atoms with E-state index in [2.05, 4.69) is 0 Å². The van der Waals surface area contributed by atoms with E-state index in [9.17, 15) is 4.57 Å². The Hall–Kier alpha value is -1.34. The van der Waals surface area contributed by atoms with Gasteiger partial charge in [0.05, 0.1) is 32.0 Å². The molecule has 0 spiro atoms. The lowest BCUT2D eigenvalue weighted by Gasteiger charge is -2.19. The monoisotopic (exact) mass is 269 g/mol. The fourth-order valence-corrected chi connectivity index (χ4v) is 3.26. The van der Waals surface area contributed by atoms with Crippen LogP contribution in [-0.4, -0.2) is 20.3 Å². The van der Waals surface area contributed by atoms with Crippen LogP contribution in [0.1, 0.15) is 19.4 Å². The molecule has 0 aromatic heterocycles. The quantitative estimate of drug-likeness (QED) is 0.742. The highest BCUT2D eigenvalue weighted by atomic mass is 31.2. The van der Waals surface area contributed by atoms with E-state index in [1.807, 2.05) is 6.07 Å². The number of ether oxygens (including phenoxy) is 1. The molecule has 0 saturated carbocycles. The molecule has 0 unspecified atom stereocenters. The van der Waals surface area contributed by atoms with Crippen LogP contribution >= 0.6 is 7.60 Å². The molecule has 6 heteroatoms. The molecule has 0 heterocycles. The summed E-state index contributed by atoms with van der Waals surface area (Å²) >= 11 is 0. The first kappa shape index (κ1) is 14.7. The molecule has 98 valence electrons. The summed E-state index contributed by atoms with van der Waals surface area (Å²) in [5, 5.41) is 9.17. The maximum Gasteiger partial charge on any atom is 0.365 e. The lowest BCUT2D eigenvalue weighted by molar-refractivity contribution is 0.229. The van der Waals surface area contributed by atoms with Crippen LogP contribution in [0.3, 0.4) is 0 Å².